The predicted octanol–water partition coefficient (Wildman–Crippen LogP) is 3.27. The van der Waals surface area contributed by atoms with Gasteiger partial charge >= 0.3 is 0 Å². The SMILES string of the molecule is CC(C)N(CC(=O)c1ccc(F)cc1F)CC1CC1. The molecule has 1 fully saturated rings. The zero-order valence-corrected chi connectivity index (χ0v) is 11.3. The third-order valence-electron chi connectivity index (χ3n) is 3.50. The summed E-state index contributed by atoms with van der Waals surface area (Å²) >= 11 is 0. The minimum absolute atomic E-state index is 0.0251. The van der Waals surface area contributed by atoms with Gasteiger partial charge in [-0.25, -0.2) is 8.78 Å². The quantitative estimate of drug-likeness (QED) is 0.737. The summed E-state index contributed by atoms with van der Waals surface area (Å²) in [4.78, 5) is 14.1. The van der Waals surface area contributed by atoms with Crippen LogP contribution in [0, 0.1) is 17.6 Å². The Labute approximate surface area is 112 Å². The Morgan fingerprint density at radius 3 is 2.58 bits per heavy atom. The van der Waals surface area contributed by atoms with E-state index in [0.717, 1.165) is 18.7 Å². The Kier molecular flexibility index (Phi) is 4.30. The van der Waals surface area contributed by atoms with Crippen LogP contribution in [0.15, 0.2) is 18.2 Å². The molecule has 0 N–H and O–H groups in total. The molecule has 0 aliphatic heterocycles. The third kappa shape index (κ3) is 3.83. The number of Topliss-reactive ketones (excluding diaryl/α,β-unsaturated/α-hetero) is 1. The molecular weight excluding hydrogens is 248 g/mol. The van der Waals surface area contributed by atoms with Gasteiger partial charge < -0.3 is 0 Å². The van der Waals surface area contributed by atoms with Crippen LogP contribution >= 0.6 is 0 Å². The number of carbonyl (C=O) groups excluding carboxylic acids is 1. The number of halogens is 2. The Balaban J connectivity index is 2.05. The summed E-state index contributed by atoms with van der Waals surface area (Å²) in [5.74, 6) is -1.05. The second-order valence-electron chi connectivity index (χ2n) is 5.51. The van der Waals surface area contributed by atoms with E-state index >= 15 is 0 Å². The summed E-state index contributed by atoms with van der Waals surface area (Å²) in [7, 11) is 0. The second-order valence-corrected chi connectivity index (χ2v) is 5.51. The lowest BCUT2D eigenvalue weighted by Gasteiger charge is -2.25. The lowest BCUT2D eigenvalue weighted by Crippen LogP contribution is -2.37. The van der Waals surface area contributed by atoms with Crippen LogP contribution in [0.4, 0.5) is 8.78 Å². The average Bonchev–Trinajstić information content (AvgIpc) is 3.11. The molecule has 104 valence electrons. The minimum atomic E-state index is -0.778. The number of hydrogen-bond acceptors (Lipinski definition) is 2. The summed E-state index contributed by atoms with van der Waals surface area (Å²) in [6.45, 7) is 5.12. The molecule has 2 nitrogen and oxygen atoms in total. The molecule has 19 heavy (non-hydrogen) atoms. The van der Waals surface area contributed by atoms with Gasteiger partial charge in [0, 0.05) is 18.7 Å². The highest BCUT2D eigenvalue weighted by molar-refractivity contribution is 5.97. The lowest BCUT2D eigenvalue weighted by molar-refractivity contribution is 0.0896. The smallest absolute Gasteiger partial charge is 0.179 e. The van der Waals surface area contributed by atoms with Crippen molar-refractivity contribution in [3.63, 3.8) is 0 Å². The maximum Gasteiger partial charge on any atom is 0.179 e. The summed E-state index contributed by atoms with van der Waals surface area (Å²) in [6.07, 6.45) is 2.42. The molecular formula is C15H19F2NO. The van der Waals surface area contributed by atoms with Gasteiger partial charge in [-0.1, -0.05) is 0 Å². The largest absolute Gasteiger partial charge is 0.293 e. The number of carbonyl (C=O) groups is 1. The maximum atomic E-state index is 13.5. The second kappa shape index (κ2) is 5.78. The molecule has 1 aliphatic carbocycles. The molecule has 4 heteroatoms. The standard InChI is InChI=1S/C15H19F2NO/c1-10(2)18(8-11-3-4-11)9-15(19)13-6-5-12(16)7-14(13)17/h5-7,10-11H,3-4,8-9H2,1-2H3. The van der Waals surface area contributed by atoms with Crippen LogP contribution < -0.4 is 0 Å². The van der Waals surface area contributed by atoms with Crippen LogP contribution in [-0.4, -0.2) is 29.8 Å². The Hall–Kier alpha value is -1.29. The first-order valence-corrected chi connectivity index (χ1v) is 6.69. The van der Waals surface area contributed by atoms with Gasteiger partial charge in [-0.2, -0.15) is 0 Å². The molecule has 1 aliphatic rings. The summed E-state index contributed by atoms with van der Waals surface area (Å²) in [6, 6.07) is 3.35. The number of hydrogen-bond donors (Lipinski definition) is 0. The number of nitrogens with zero attached hydrogens (tertiary/aromatic N) is 1. The molecule has 1 aromatic rings. The average molecular weight is 267 g/mol. The lowest BCUT2D eigenvalue weighted by atomic mass is 10.1. The van der Waals surface area contributed by atoms with Crippen molar-refractivity contribution in [1.29, 1.82) is 0 Å². The highest BCUT2D eigenvalue weighted by atomic mass is 19.1. The van der Waals surface area contributed by atoms with Gasteiger partial charge in [0.25, 0.3) is 0 Å². The van der Waals surface area contributed by atoms with Gasteiger partial charge in [0.2, 0.25) is 0 Å². The molecule has 0 spiro atoms. The summed E-state index contributed by atoms with van der Waals surface area (Å²) in [5, 5.41) is 0. The zero-order chi connectivity index (χ0) is 14.0. The van der Waals surface area contributed by atoms with Gasteiger partial charge in [0.05, 0.1) is 12.1 Å². The van der Waals surface area contributed by atoms with E-state index in [4.69, 9.17) is 0 Å². The van der Waals surface area contributed by atoms with Crippen LogP contribution in [0.2, 0.25) is 0 Å². The molecule has 1 saturated carbocycles. The van der Waals surface area contributed by atoms with Crippen molar-refractivity contribution >= 4 is 5.78 Å². The normalized spacial score (nSPS) is 15.3. The summed E-state index contributed by atoms with van der Waals surface area (Å²) in [5.41, 5.74) is -0.0251. The van der Waals surface area contributed by atoms with E-state index in [0.29, 0.717) is 5.92 Å². The highest BCUT2D eigenvalue weighted by Crippen LogP contribution is 2.30. The molecule has 0 bridgehead atoms. The van der Waals surface area contributed by atoms with Crippen LogP contribution in [0.5, 0.6) is 0 Å². The van der Waals surface area contributed by atoms with E-state index in [1.807, 2.05) is 13.8 Å². The van der Waals surface area contributed by atoms with Crippen molar-refractivity contribution in [3.8, 4) is 0 Å². The van der Waals surface area contributed by atoms with Crippen molar-refractivity contribution < 1.29 is 13.6 Å². The van der Waals surface area contributed by atoms with E-state index in [9.17, 15) is 13.6 Å². The van der Waals surface area contributed by atoms with E-state index in [2.05, 4.69) is 4.90 Å². The fraction of sp³-hybridized carbons (Fsp3) is 0.533. The monoisotopic (exact) mass is 267 g/mol. The zero-order valence-electron chi connectivity index (χ0n) is 11.3. The topological polar surface area (TPSA) is 20.3 Å². The first-order chi connectivity index (χ1) is 8.97. The summed E-state index contributed by atoms with van der Waals surface area (Å²) < 4.78 is 26.4. The number of benzene rings is 1. The molecule has 0 heterocycles. The Morgan fingerprint density at radius 2 is 2.05 bits per heavy atom. The number of ketones is 1. The van der Waals surface area contributed by atoms with Gasteiger partial charge in [0.1, 0.15) is 11.6 Å². The first kappa shape index (κ1) is 14.1. The van der Waals surface area contributed by atoms with Gasteiger partial charge in [-0.3, -0.25) is 9.69 Å². The van der Waals surface area contributed by atoms with E-state index < -0.39 is 11.6 Å². The Morgan fingerprint density at radius 1 is 1.37 bits per heavy atom. The van der Waals surface area contributed by atoms with Gasteiger partial charge in [-0.15, -0.1) is 0 Å². The molecule has 0 saturated heterocycles. The van der Waals surface area contributed by atoms with Crippen molar-refractivity contribution in [3.05, 3.63) is 35.4 Å². The maximum absolute atomic E-state index is 13.5. The van der Waals surface area contributed by atoms with Crippen molar-refractivity contribution in [2.75, 3.05) is 13.1 Å². The first-order valence-electron chi connectivity index (χ1n) is 6.69. The van der Waals surface area contributed by atoms with Crippen molar-refractivity contribution in [2.24, 2.45) is 5.92 Å². The predicted molar refractivity (Wildman–Crippen MR) is 70.1 cm³/mol. The van der Waals surface area contributed by atoms with Crippen molar-refractivity contribution in [1.82, 2.24) is 4.90 Å². The van der Waals surface area contributed by atoms with Crippen LogP contribution in [0.1, 0.15) is 37.0 Å². The molecule has 0 radical (unpaired) electrons. The highest BCUT2D eigenvalue weighted by Gasteiger charge is 2.27. The number of rotatable bonds is 6. The molecule has 0 atom stereocenters. The van der Waals surface area contributed by atoms with Crippen molar-refractivity contribution in [2.45, 2.75) is 32.7 Å². The van der Waals surface area contributed by atoms with Crippen LogP contribution in [-0.2, 0) is 0 Å². The molecule has 0 unspecified atom stereocenters. The minimum Gasteiger partial charge on any atom is -0.293 e. The van der Waals surface area contributed by atoms with E-state index in [1.54, 1.807) is 0 Å². The van der Waals surface area contributed by atoms with Gasteiger partial charge in [-0.05, 0) is 44.7 Å². The fourth-order valence-corrected chi connectivity index (χ4v) is 2.08. The van der Waals surface area contributed by atoms with E-state index in [1.165, 1.54) is 18.9 Å². The molecule has 1 aromatic carbocycles. The van der Waals surface area contributed by atoms with Crippen LogP contribution in [0.25, 0.3) is 0 Å². The molecule has 0 aromatic heterocycles. The van der Waals surface area contributed by atoms with Crippen LogP contribution in [0.3, 0.4) is 0 Å². The Bertz CT molecular complexity index is 469. The van der Waals surface area contributed by atoms with E-state index in [-0.39, 0.29) is 23.9 Å². The third-order valence-corrected chi connectivity index (χ3v) is 3.50. The fourth-order valence-electron chi connectivity index (χ4n) is 2.08. The van der Waals surface area contributed by atoms with Gasteiger partial charge in [0.15, 0.2) is 5.78 Å². The molecule has 2 rings (SSSR count). The molecule has 0 amide bonds.